The molecule has 4 rings (SSSR count). The molecule has 1 saturated heterocycles. The Kier molecular flexibility index (Phi) is 6.39. The summed E-state index contributed by atoms with van der Waals surface area (Å²) >= 11 is 6.54. The number of carbonyl (C=O) groups excluding carboxylic acids is 2. The van der Waals surface area contributed by atoms with Gasteiger partial charge in [0, 0.05) is 24.5 Å². The highest BCUT2D eigenvalue weighted by molar-refractivity contribution is 8.26. The van der Waals surface area contributed by atoms with Gasteiger partial charge in [-0.1, -0.05) is 54.3 Å². The minimum atomic E-state index is -0.331. The predicted octanol–water partition coefficient (Wildman–Crippen LogP) is 4.99. The zero-order chi connectivity index (χ0) is 21.8. The summed E-state index contributed by atoms with van der Waals surface area (Å²) in [5, 5.41) is 3.84. The number of thioether (sulfide) groups is 1. The van der Waals surface area contributed by atoms with Gasteiger partial charge in [-0.05, 0) is 42.3 Å². The number of benzene rings is 2. The Hall–Kier alpha value is -3.10. The number of nitrogens with zero attached hydrogens (tertiary/aromatic N) is 2. The minimum absolute atomic E-state index is 0.148. The third kappa shape index (κ3) is 4.98. The highest BCUT2D eigenvalue weighted by atomic mass is 32.2. The molecule has 3 aromatic rings. The summed E-state index contributed by atoms with van der Waals surface area (Å²) in [6.45, 7) is 0.354. The van der Waals surface area contributed by atoms with E-state index in [0.717, 1.165) is 16.5 Å². The van der Waals surface area contributed by atoms with Crippen LogP contribution >= 0.6 is 24.0 Å². The number of aromatic nitrogens is 1. The molecule has 156 valence electrons. The molecule has 1 aromatic heterocycles. The first-order valence-electron chi connectivity index (χ1n) is 9.66. The fraction of sp³-hybridized carbons (Fsp3) is 0.130. The number of halogens is 1. The molecular formula is C23H18FN3O2S2. The lowest BCUT2D eigenvalue weighted by Gasteiger charge is -2.14. The average molecular weight is 452 g/mol. The Morgan fingerprint density at radius 2 is 1.94 bits per heavy atom. The van der Waals surface area contributed by atoms with Crippen LogP contribution in [-0.4, -0.2) is 32.6 Å². The second-order valence-electron chi connectivity index (χ2n) is 6.92. The summed E-state index contributed by atoms with van der Waals surface area (Å²) in [6, 6.07) is 15.3. The van der Waals surface area contributed by atoms with Crippen molar-refractivity contribution in [1.82, 2.24) is 9.88 Å². The predicted molar refractivity (Wildman–Crippen MR) is 126 cm³/mol. The van der Waals surface area contributed by atoms with Gasteiger partial charge in [0.05, 0.1) is 16.1 Å². The van der Waals surface area contributed by atoms with Crippen LogP contribution < -0.4 is 5.32 Å². The molecule has 2 heterocycles. The van der Waals surface area contributed by atoms with Crippen LogP contribution in [-0.2, 0) is 9.59 Å². The molecule has 2 aromatic carbocycles. The summed E-state index contributed by atoms with van der Waals surface area (Å²) < 4.78 is 13.5. The third-order valence-corrected chi connectivity index (χ3v) is 6.11. The minimum Gasteiger partial charge on any atom is -0.324 e. The molecular weight excluding hydrogens is 433 g/mol. The SMILES string of the molecule is O=C(CCCN1C(=O)C(=Cc2ccc(F)cc2)SC1=S)Nc1cccc2cccnc12. The molecule has 1 aliphatic rings. The average Bonchev–Trinajstić information content (AvgIpc) is 3.03. The van der Waals surface area contributed by atoms with Crippen molar-refractivity contribution in [2.75, 3.05) is 11.9 Å². The summed E-state index contributed by atoms with van der Waals surface area (Å²) in [4.78, 5) is 31.4. The fourth-order valence-electron chi connectivity index (χ4n) is 3.22. The molecule has 0 unspecified atom stereocenters. The van der Waals surface area contributed by atoms with E-state index < -0.39 is 0 Å². The van der Waals surface area contributed by atoms with Crippen LogP contribution in [0.3, 0.4) is 0 Å². The number of anilines is 1. The maximum Gasteiger partial charge on any atom is 0.266 e. The molecule has 8 heteroatoms. The smallest absolute Gasteiger partial charge is 0.266 e. The van der Waals surface area contributed by atoms with Gasteiger partial charge < -0.3 is 5.32 Å². The largest absolute Gasteiger partial charge is 0.324 e. The molecule has 5 nitrogen and oxygen atoms in total. The number of amides is 2. The van der Waals surface area contributed by atoms with Gasteiger partial charge in [-0.15, -0.1) is 0 Å². The fourth-order valence-corrected chi connectivity index (χ4v) is 4.53. The zero-order valence-electron chi connectivity index (χ0n) is 16.4. The Morgan fingerprint density at radius 1 is 1.16 bits per heavy atom. The van der Waals surface area contributed by atoms with E-state index in [4.69, 9.17) is 12.2 Å². The standard InChI is InChI=1S/C23H18FN3O2S2/c24-17-10-8-15(9-11-17)14-19-22(29)27(23(30)31-19)13-3-7-20(28)26-18-6-1-4-16-5-2-12-25-21(16)18/h1-2,4-6,8-12,14H,3,7,13H2,(H,26,28). The van der Waals surface area contributed by atoms with Crippen LogP contribution in [0.25, 0.3) is 17.0 Å². The van der Waals surface area contributed by atoms with Crippen LogP contribution in [0.1, 0.15) is 18.4 Å². The van der Waals surface area contributed by atoms with E-state index in [-0.39, 0.29) is 24.1 Å². The lowest BCUT2D eigenvalue weighted by Crippen LogP contribution is -2.29. The van der Waals surface area contributed by atoms with E-state index in [1.165, 1.54) is 28.8 Å². The first kappa shape index (κ1) is 21.1. The van der Waals surface area contributed by atoms with Crippen molar-refractivity contribution in [3.8, 4) is 0 Å². The van der Waals surface area contributed by atoms with Crippen molar-refractivity contribution in [2.45, 2.75) is 12.8 Å². The van der Waals surface area contributed by atoms with Crippen molar-refractivity contribution in [3.05, 3.63) is 77.1 Å². The van der Waals surface area contributed by atoms with Crippen LogP contribution in [0.5, 0.6) is 0 Å². The van der Waals surface area contributed by atoms with E-state index in [1.54, 1.807) is 24.4 Å². The maximum absolute atomic E-state index is 13.1. The third-order valence-electron chi connectivity index (χ3n) is 4.73. The first-order valence-corrected chi connectivity index (χ1v) is 10.9. The van der Waals surface area contributed by atoms with Crippen molar-refractivity contribution < 1.29 is 14.0 Å². The van der Waals surface area contributed by atoms with Crippen molar-refractivity contribution >= 4 is 62.8 Å². The van der Waals surface area contributed by atoms with E-state index >= 15 is 0 Å². The molecule has 1 N–H and O–H groups in total. The van der Waals surface area contributed by atoms with Gasteiger partial charge in [0.1, 0.15) is 10.1 Å². The van der Waals surface area contributed by atoms with Crippen LogP contribution in [0.2, 0.25) is 0 Å². The number of hydrogen-bond acceptors (Lipinski definition) is 5. The van der Waals surface area contributed by atoms with Gasteiger partial charge in [0.15, 0.2) is 0 Å². The van der Waals surface area contributed by atoms with Crippen LogP contribution in [0, 0.1) is 5.82 Å². The molecule has 0 saturated carbocycles. The Labute approximate surface area is 188 Å². The molecule has 0 radical (unpaired) electrons. The quantitative estimate of drug-likeness (QED) is 0.422. The monoisotopic (exact) mass is 451 g/mol. The summed E-state index contributed by atoms with van der Waals surface area (Å²) in [5.74, 6) is -0.675. The molecule has 0 atom stereocenters. The lowest BCUT2D eigenvalue weighted by atomic mass is 10.2. The second-order valence-corrected chi connectivity index (χ2v) is 8.59. The van der Waals surface area contributed by atoms with E-state index in [1.807, 2.05) is 30.3 Å². The molecule has 31 heavy (non-hydrogen) atoms. The number of pyridine rings is 1. The molecule has 1 fully saturated rings. The number of carbonyl (C=O) groups is 2. The van der Waals surface area contributed by atoms with E-state index in [9.17, 15) is 14.0 Å². The van der Waals surface area contributed by atoms with Gasteiger partial charge in [-0.3, -0.25) is 19.5 Å². The van der Waals surface area contributed by atoms with Gasteiger partial charge in [-0.25, -0.2) is 4.39 Å². The van der Waals surface area contributed by atoms with Crippen molar-refractivity contribution in [3.63, 3.8) is 0 Å². The Bertz CT molecular complexity index is 1190. The number of fused-ring (bicyclic) bond motifs is 1. The van der Waals surface area contributed by atoms with Gasteiger partial charge in [-0.2, -0.15) is 0 Å². The van der Waals surface area contributed by atoms with E-state index in [2.05, 4.69) is 10.3 Å². The van der Waals surface area contributed by atoms with Gasteiger partial charge in [0.25, 0.3) is 5.91 Å². The number of thiocarbonyl (C=S) groups is 1. The molecule has 2 amide bonds. The van der Waals surface area contributed by atoms with Crippen LogP contribution in [0.15, 0.2) is 65.7 Å². The topological polar surface area (TPSA) is 62.3 Å². The Balaban J connectivity index is 1.33. The lowest BCUT2D eigenvalue weighted by molar-refractivity contribution is -0.122. The van der Waals surface area contributed by atoms with Crippen molar-refractivity contribution in [1.29, 1.82) is 0 Å². The summed E-state index contributed by atoms with van der Waals surface area (Å²) in [7, 11) is 0. The summed E-state index contributed by atoms with van der Waals surface area (Å²) in [6.07, 6.45) is 4.10. The molecule has 0 aliphatic carbocycles. The van der Waals surface area contributed by atoms with E-state index in [0.29, 0.717) is 27.9 Å². The summed E-state index contributed by atoms with van der Waals surface area (Å²) in [5.41, 5.74) is 2.13. The Morgan fingerprint density at radius 3 is 2.74 bits per heavy atom. The number of hydrogen-bond donors (Lipinski definition) is 1. The maximum atomic E-state index is 13.1. The zero-order valence-corrected chi connectivity index (χ0v) is 18.0. The van der Waals surface area contributed by atoms with Gasteiger partial charge in [0.2, 0.25) is 5.91 Å². The molecule has 1 aliphatic heterocycles. The molecule has 0 spiro atoms. The molecule has 0 bridgehead atoms. The normalized spacial score (nSPS) is 15.1. The highest BCUT2D eigenvalue weighted by Crippen LogP contribution is 2.32. The van der Waals surface area contributed by atoms with Gasteiger partial charge >= 0.3 is 0 Å². The highest BCUT2D eigenvalue weighted by Gasteiger charge is 2.31. The number of rotatable bonds is 6. The van der Waals surface area contributed by atoms with Crippen LogP contribution in [0.4, 0.5) is 10.1 Å². The first-order chi connectivity index (χ1) is 15.0. The number of nitrogens with one attached hydrogen (secondary N) is 1. The van der Waals surface area contributed by atoms with Crippen molar-refractivity contribution in [2.24, 2.45) is 0 Å². The number of para-hydroxylation sites is 1. The second kappa shape index (κ2) is 9.36.